The minimum atomic E-state index is -0.385. The molecule has 1 heterocycles. The zero-order chi connectivity index (χ0) is 20.1. The Kier molecular flexibility index (Phi) is 6.49. The van der Waals surface area contributed by atoms with Crippen molar-refractivity contribution >= 4 is 29.1 Å². The van der Waals surface area contributed by atoms with E-state index in [0.29, 0.717) is 41.6 Å². The van der Waals surface area contributed by atoms with Gasteiger partial charge in [0.2, 0.25) is 0 Å². The van der Waals surface area contributed by atoms with Crippen molar-refractivity contribution in [1.82, 2.24) is 10.7 Å². The first kappa shape index (κ1) is 20.1. The Balaban J connectivity index is 1.81. The van der Waals surface area contributed by atoms with Crippen LogP contribution >= 0.6 is 11.6 Å². The molecular formula is C20H22ClN3O4. The van der Waals surface area contributed by atoms with E-state index in [9.17, 15) is 9.59 Å². The van der Waals surface area contributed by atoms with E-state index in [1.807, 2.05) is 6.92 Å². The Morgan fingerprint density at radius 1 is 1.25 bits per heavy atom. The van der Waals surface area contributed by atoms with Crippen molar-refractivity contribution in [1.29, 1.82) is 0 Å². The number of furan rings is 1. The summed E-state index contributed by atoms with van der Waals surface area (Å²) in [5, 5.41) is 7.42. The van der Waals surface area contributed by atoms with Gasteiger partial charge in [0.1, 0.15) is 5.76 Å². The number of aryl methyl sites for hydroxylation is 1. The summed E-state index contributed by atoms with van der Waals surface area (Å²) in [5.41, 5.74) is 5.12. The van der Waals surface area contributed by atoms with Crippen molar-refractivity contribution in [3.8, 4) is 0 Å². The topological polar surface area (TPSA) is 92.9 Å². The smallest absolute Gasteiger partial charge is 0.287 e. The van der Waals surface area contributed by atoms with Gasteiger partial charge in [-0.3, -0.25) is 9.59 Å². The lowest BCUT2D eigenvalue weighted by Gasteiger charge is -2.13. The highest BCUT2D eigenvalue weighted by Gasteiger charge is 2.28. The van der Waals surface area contributed by atoms with Crippen molar-refractivity contribution < 1.29 is 18.7 Å². The molecule has 0 fully saturated rings. The second-order valence-electron chi connectivity index (χ2n) is 6.44. The molecule has 3 rings (SSSR count). The van der Waals surface area contributed by atoms with Gasteiger partial charge in [-0.25, -0.2) is 5.43 Å². The fourth-order valence-electron chi connectivity index (χ4n) is 3.17. The third kappa shape index (κ3) is 4.26. The number of methoxy groups -OCH3 is 1. The number of benzene rings is 1. The van der Waals surface area contributed by atoms with Gasteiger partial charge in [-0.05, 0) is 31.9 Å². The molecule has 2 aromatic rings. The number of carbonyl (C=O) groups is 2. The van der Waals surface area contributed by atoms with E-state index >= 15 is 0 Å². The highest BCUT2D eigenvalue weighted by molar-refractivity contribution is 6.33. The number of halogens is 1. The summed E-state index contributed by atoms with van der Waals surface area (Å²) in [4.78, 5) is 24.7. The van der Waals surface area contributed by atoms with E-state index in [2.05, 4.69) is 15.8 Å². The van der Waals surface area contributed by atoms with Gasteiger partial charge in [0, 0.05) is 31.2 Å². The number of ether oxygens (including phenoxy) is 1. The Morgan fingerprint density at radius 2 is 2.04 bits per heavy atom. The molecule has 0 saturated heterocycles. The lowest BCUT2D eigenvalue weighted by molar-refractivity contribution is 0.0906. The van der Waals surface area contributed by atoms with E-state index in [4.69, 9.17) is 20.8 Å². The number of nitrogens with one attached hydrogen (secondary N) is 2. The average Bonchev–Trinajstić information content (AvgIpc) is 3.04. The normalized spacial score (nSPS) is 14.6. The molecule has 1 aliphatic rings. The van der Waals surface area contributed by atoms with E-state index in [-0.39, 0.29) is 17.6 Å². The van der Waals surface area contributed by atoms with Crippen molar-refractivity contribution in [2.75, 3.05) is 20.3 Å². The molecule has 0 saturated carbocycles. The maximum Gasteiger partial charge on any atom is 0.287 e. The minimum Gasteiger partial charge on any atom is -0.455 e. The summed E-state index contributed by atoms with van der Waals surface area (Å²) in [5.74, 6) is 0.312. The fraction of sp³-hybridized carbons (Fsp3) is 0.350. The molecule has 0 unspecified atom stereocenters. The number of hydrogen-bond acceptors (Lipinski definition) is 5. The van der Waals surface area contributed by atoms with E-state index in [1.165, 1.54) is 0 Å². The summed E-state index contributed by atoms with van der Waals surface area (Å²) in [6.45, 7) is 2.64. The van der Waals surface area contributed by atoms with Crippen LogP contribution in [0.1, 0.15) is 50.6 Å². The minimum absolute atomic E-state index is 0.271. The number of fused-ring (bicyclic) bond motifs is 1. The van der Waals surface area contributed by atoms with Crippen LogP contribution in [0.3, 0.4) is 0 Å². The summed E-state index contributed by atoms with van der Waals surface area (Å²) in [7, 11) is 1.57. The zero-order valence-electron chi connectivity index (χ0n) is 15.8. The van der Waals surface area contributed by atoms with Gasteiger partial charge in [0.05, 0.1) is 22.9 Å². The molecule has 0 spiro atoms. The largest absolute Gasteiger partial charge is 0.455 e. The Morgan fingerprint density at radius 3 is 2.79 bits per heavy atom. The van der Waals surface area contributed by atoms with Crippen LogP contribution in [0.5, 0.6) is 0 Å². The lowest BCUT2D eigenvalue weighted by Crippen LogP contribution is -2.27. The van der Waals surface area contributed by atoms with E-state index in [0.717, 1.165) is 24.0 Å². The number of amides is 2. The molecule has 1 aliphatic carbocycles. The van der Waals surface area contributed by atoms with Crippen molar-refractivity contribution in [3.63, 3.8) is 0 Å². The summed E-state index contributed by atoms with van der Waals surface area (Å²) in [6.07, 6.45) is 2.23. The lowest BCUT2D eigenvalue weighted by atomic mass is 9.93. The molecule has 0 atom stereocenters. The molecule has 0 radical (unpaired) electrons. The molecule has 1 aromatic heterocycles. The standard InChI is InChI=1S/C20H22ClN3O4/c1-12-17-15(23-24-19(25)13-6-3-4-7-14(13)21)8-5-9-16(17)28-18(12)20(26)22-10-11-27-2/h3-4,6-7H,5,8-11H2,1-2H3,(H,22,26)(H,24,25)/b23-15+. The maximum absolute atomic E-state index is 12.4. The van der Waals surface area contributed by atoms with Crippen LogP contribution in [0.25, 0.3) is 0 Å². The summed E-state index contributed by atoms with van der Waals surface area (Å²) in [6, 6.07) is 6.78. The van der Waals surface area contributed by atoms with Gasteiger partial charge >= 0.3 is 0 Å². The number of hydrazone groups is 1. The molecule has 148 valence electrons. The van der Waals surface area contributed by atoms with E-state index in [1.54, 1.807) is 31.4 Å². The first-order chi connectivity index (χ1) is 13.5. The molecule has 2 N–H and O–H groups in total. The van der Waals surface area contributed by atoms with Crippen molar-refractivity contribution in [2.45, 2.75) is 26.2 Å². The van der Waals surface area contributed by atoms with Crippen LogP contribution in [-0.4, -0.2) is 37.8 Å². The van der Waals surface area contributed by atoms with Gasteiger partial charge < -0.3 is 14.5 Å². The number of hydrogen-bond donors (Lipinski definition) is 2. The van der Waals surface area contributed by atoms with Crippen LogP contribution in [0, 0.1) is 6.92 Å². The summed E-state index contributed by atoms with van der Waals surface area (Å²) < 4.78 is 10.7. The van der Waals surface area contributed by atoms with Gasteiger partial charge in [0.25, 0.3) is 11.8 Å². The van der Waals surface area contributed by atoms with Crippen LogP contribution in [-0.2, 0) is 11.2 Å². The first-order valence-corrected chi connectivity index (χ1v) is 9.42. The van der Waals surface area contributed by atoms with Crippen LogP contribution in [0.2, 0.25) is 5.02 Å². The van der Waals surface area contributed by atoms with Gasteiger partial charge in [-0.1, -0.05) is 23.7 Å². The predicted octanol–water partition coefficient (Wildman–Crippen LogP) is 3.09. The van der Waals surface area contributed by atoms with Crippen LogP contribution < -0.4 is 10.7 Å². The molecule has 8 heteroatoms. The molecule has 7 nitrogen and oxygen atoms in total. The Labute approximate surface area is 168 Å². The monoisotopic (exact) mass is 403 g/mol. The first-order valence-electron chi connectivity index (χ1n) is 9.04. The van der Waals surface area contributed by atoms with Gasteiger partial charge in [0.15, 0.2) is 5.76 Å². The highest BCUT2D eigenvalue weighted by Crippen LogP contribution is 2.29. The van der Waals surface area contributed by atoms with Gasteiger partial charge in [-0.2, -0.15) is 5.10 Å². The molecular weight excluding hydrogens is 382 g/mol. The number of carbonyl (C=O) groups excluding carboxylic acids is 2. The predicted molar refractivity (Wildman–Crippen MR) is 106 cm³/mol. The molecule has 0 aliphatic heterocycles. The SMILES string of the molecule is COCCNC(=O)c1oc2c(c1C)/C(=N/NC(=O)c1ccccc1Cl)CCC2. The van der Waals surface area contributed by atoms with Crippen molar-refractivity contribution in [2.24, 2.45) is 5.10 Å². The second kappa shape index (κ2) is 9.03. The van der Waals surface area contributed by atoms with Crippen molar-refractivity contribution in [3.05, 3.63) is 57.5 Å². The Bertz CT molecular complexity index is 920. The molecule has 0 bridgehead atoms. The fourth-order valence-corrected chi connectivity index (χ4v) is 3.39. The third-order valence-electron chi connectivity index (χ3n) is 4.53. The third-order valence-corrected chi connectivity index (χ3v) is 4.86. The Hall–Kier alpha value is -2.64. The second-order valence-corrected chi connectivity index (χ2v) is 6.84. The zero-order valence-corrected chi connectivity index (χ0v) is 16.6. The molecule has 1 aromatic carbocycles. The van der Waals surface area contributed by atoms with Crippen LogP contribution in [0.4, 0.5) is 0 Å². The maximum atomic E-state index is 12.4. The number of rotatable bonds is 6. The van der Waals surface area contributed by atoms with Gasteiger partial charge in [-0.15, -0.1) is 0 Å². The van der Waals surface area contributed by atoms with E-state index < -0.39 is 0 Å². The molecule has 28 heavy (non-hydrogen) atoms. The number of nitrogens with zero attached hydrogens (tertiary/aromatic N) is 1. The average molecular weight is 404 g/mol. The van der Waals surface area contributed by atoms with Crippen LogP contribution in [0.15, 0.2) is 33.8 Å². The quantitative estimate of drug-likeness (QED) is 0.572. The molecule has 2 amide bonds. The highest BCUT2D eigenvalue weighted by atomic mass is 35.5. The summed E-state index contributed by atoms with van der Waals surface area (Å²) >= 11 is 6.06.